The van der Waals surface area contributed by atoms with Crippen molar-refractivity contribution in [3.8, 4) is 0 Å². The van der Waals surface area contributed by atoms with Crippen molar-refractivity contribution < 1.29 is 22.7 Å². The SMILES string of the molecule is CC(OCC(F)(F)F)C(=O)NCCc1cccs1. The monoisotopic (exact) mass is 281 g/mol. The molecular weight excluding hydrogens is 267 g/mol. The van der Waals surface area contributed by atoms with Gasteiger partial charge in [-0.1, -0.05) is 6.07 Å². The lowest BCUT2D eigenvalue weighted by atomic mass is 10.3. The summed E-state index contributed by atoms with van der Waals surface area (Å²) in [7, 11) is 0. The second kappa shape index (κ2) is 6.75. The minimum Gasteiger partial charge on any atom is -0.359 e. The third kappa shape index (κ3) is 6.02. The third-order valence-corrected chi connectivity index (χ3v) is 3.05. The molecule has 18 heavy (non-hydrogen) atoms. The molecule has 1 heterocycles. The largest absolute Gasteiger partial charge is 0.411 e. The first-order valence-electron chi connectivity index (χ1n) is 5.37. The molecule has 0 saturated heterocycles. The van der Waals surface area contributed by atoms with Gasteiger partial charge in [0.15, 0.2) is 0 Å². The number of carbonyl (C=O) groups excluding carboxylic acids is 1. The van der Waals surface area contributed by atoms with Gasteiger partial charge in [-0.2, -0.15) is 13.2 Å². The Morgan fingerprint density at radius 1 is 1.56 bits per heavy atom. The summed E-state index contributed by atoms with van der Waals surface area (Å²) in [6.45, 7) is 0.276. The van der Waals surface area contributed by atoms with Gasteiger partial charge in [0, 0.05) is 11.4 Å². The lowest BCUT2D eigenvalue weighted by molar-refractivity contribution is -0.185. The van der Waals surface area contributed by atoms with E-state index in [4.69, 9.17) is 0 Å². The second-order valence-corrected chi connectivity index (χ2v) is 4.72. The van der Waals surface area contributed by atoms with Crippen molar-refractivity contribution in [1.29, 1.82) is 0 Å². The Morgan fingerprint density at radius 2 is 2.28 bits per heavy atom. The minimum absolute atomic E-state index is 0.388. The molecule has 0 aromatic carbocycles. The van der Waals surface area contributed by atoms with Crippen molar-refractivity contribution >= 4 is 17.2 Å². The Kier molecular flexibility index (Phi) is 5.61. The van der Waals surface area contributed by atoms with Crippen molar-refractivity contribution in [2.75, 3.05) is 13.2 Å². The van der Waals surface area contributed by atoms with Gasteiger partial charge < -0.3 is 10.1 Å². The molecule has 1 amide bonds. The number of hydrogen-bond acceptors (Lipinski definition) is 3. The highest BCUT2D eigenvalue weighted by molar-refractivity contribution is 7.09. The van der Waals surface area contributed by atoms with Gasteiger partial charge in [0.25, 0.3) is 0 Å². The summed E-state index contributed by atoms with van der Waals surface area (Å²) >= 11 is 1.57. The molecule has 0 fully saturated rings. The molecule has 0 saturated carbocycles. The van der Waals surface area contributed by atoms with Crippen LogP contribution in [0.3, 0.4) is 0 Å². The summed E-state index contributed by atoms with van der Waals surface area (Å²) in [4.78, 5) is 12.5. The molecule has 1 atom stereocenters. The van der Waals surface area contributed by atoms with Crippen LogP contribution in [-0.4, -0.2) is 31.3 Å². The van der Waals surface area contributed by atoms with E-state index < -0.39 is 24.8 Å². The normalized spacial score (nSPS) is 13.3. The fraction of sp³-hybridized carbons (Fsp3) is 0.545. The van der Waals surface area contributed by atoms with E-state index in [9.17, 15) is 18.0 Å². The molecule has 0 bridgehead atoms. The first-order chi connectivity index (χ1) is 8.38. The van der Waals surface area contributed by atoms with Crippen LogP contribution in [0.4, 0.5) is 13.2 Å². The smallest absolute Gasteiger partial charge is 0.359 e. The molecule has 3 nitrogen and oxygen atoms in total. The summed E-state index contributed by atoms with van der Waals surface area (Å²) in [6.07, 6.45) is -4.85. The van der Waals surface area contributed by atoms with Crippen LogP contribution in [0.25, 0.3) is 0 Å². The van der Waals surface area contributed by atoms with Crippen molar-refractivity contribution in [2.24, 2.45) is 0 Å². The molecule has 1 aromatic rings. The average molecular weight is 281 g/mol. The Hall–Kier alpha value is -1.08. The van der Waals surface area contributed by atoms with Crippen LogP contribution in [0.2, 0.25) is 0 Å². The number of rotatable bonds is 6. The predicted molar refractivity (Wildman–Crippen MR) is 62.5 cm³/mol. The zero-order valence-electron chi connectivity index (χ0n) is 9.79. The lowest BCUT2D eigenvalue weighted by Crippen LogP contribution is -2.37. The number of hydrogen-bond donors (Lipinski definition) is 1. The predicted octanol–water partition coefficient (Wildman–Crippen LogP) is 2.37. The molecule has 1 aromatic heterocycles. The van der Waals surface area contributed by atoms with E-state index in [1.165, 1.54) is 6.92 Å². The topological polar surface area (TPSA) is 38.3 Å². The minimum atomic E-state index is -4.41. The highest BCUT2D eigenvalue weighted by atomic mass is 32.1. The molecule has 1 rings (SSSR count). The average Bonchev–Trinajstić information content (AvgIpc) is 2.77. The molecule has 1 N–H and O–H groups in total. The number of nitrogens with one attached hydrogen (secondary N) is 1. The van der Waals surface area contributed by atoms with Crippen molar-refractivity contribution in [2.45, 2.75) is 25.6 Å². The van der Waals surface area contributed by atoms with E-state index in [0.717, 1.165) is 4.88 Å². The molecule has 102 valence electrons. The van der Waals surface area contributed by atoms with Gasteiger partial charge in [-0.15, -0.1) is 11.3 Å². The number of alkyl halides is 3. The Balaban J connectivity index is 2.19. The molecule has 1 unspecified atom stereocenters. The van der Waals surface area contributed by atoms with E-state index in [0.29, 0.717) is 13.0 Å². The molecule has 0 aliphatic carbocycles. The van der Waals surface area contributed by atoms with E-state index >= 15 is 0 Å². The third-order valence-electron chi connectivity index (χ3n) is 2.12. The van der Waals surface area contributed by atoms with Crippen LogP contribution in [0, 0.1) is 0 Å². The van der Waals surface area contributed by atoms with E-state index in [-0.39, 0.29) is 0 Å². The number of ether oxygens (including phenoxy) is 1. The number of carbonyl (C=O) groups is 1. The fourth-order valence-corrected chi connectivity index (χ4v) is 1.91. The van der Waals surface area contributed by atoms with Gasteiger partial charge in [-0.3, -0.25) is 4.79 Å². The van der Waals surface area contributed by atoms with Crippen LogP contribution < -0.4 is 5.32 Å². The molecule has 0 radical (unpaired) electrons. The van der Waals surface area contributed by atoms with Gasteiger partial charge in [0.1, 0.15) is 12.7 Å². The van der Waals surface area contributed by atoms with Crippen molar-refractivity contribution in [1.82, 2.24) is 5.32 Å². The van der Waals surface area contributed by atoms with Crippen LogP contribution in [0.15, 0.2) is 17.5 Å². The van der Waals surface area contributed by atoms with Crippen LogP contribution in [0.5, 0.6) is 0 Å². The number of thiophene rings is 1. The highest BCUT2D eigenvalue weighted by Crippen LogP contribution is 2.15. The Bertz CT molecular complexity index is 365. The molecule has 7 heteroatoms. The van der Waals surface area contributed by atoms with Gasteiger partial charge >= 0.3 is 6.18 Å². The number of halogens is 3. The van der Waals surface area contributed by atoms with E-state index in [2.05, 4.69) is 10.1 Å². The van der Waals surface area contributed by atoms with E-state index in [1.54, 1.807) is 11.3 Å². The highest BCUT2D eigenvalue weighted by Gasteiger charge is 2.29. The molecular formula is C11H14F3NO2S. The Morgan fingerprint density at radius 3 is 2.83 bits per heavy atom. The molecule has 0 aliphatic heterocycles. The van der Waals surface area contributed by atoms with Crippen LogP contribution in [-0.2, 0) is 16.0 Å². The van der Waals surface area contributed by atoms with Crippen molar-refractivity contribution in [3.05, 3.63) is 22.4 Å². The summed E-state index contributed by atoms with van der Waals surface area (Å²) in [6, 6.07) is 3.83. The van der Waals surface area contributed by atoms with E-state index in [1.807, 2.05) is 17.5 Å². The number of amides is 1. The second-order valence-electron chi connectivity index (χ2n) is 3.69. The summed E-state index contributed by atoms with van der Waals surface area (Å²) in [5.74, 6) is -0.532. The van der Waals surface area contributed by atoms with Crippen molar-refractivity contribution in [3.63, 3.8) is 0 Å². The van der Waals surface area contributed by atoms with Crippen LogP contribution in [0.1, 0.15) is 11.8 Å². The van der Waals surface area contributed by atoms with Crippen LogP contribution >= 0.6 is 11.3 Å². The van der Waals surface area contributed by atoms with Gasteiger partial charge in [0.2, 0.25) is 5.91 Å². The maximum Gasteiger partial charge on any atom is 0.411 e. The summed E-state index contributed by atoms with van der Waals surface area (Å²) in [5, 5.41) is 4.46. The fourth-order valence-electron chi connectivity index (χ4n) is 1.20. The zero-order valence-corrected chi connectivity index (χ0v) is 10.6. The maximum absolute atomic E-state index is 11.9. The summed E-state index contributed by atoms with van der Waals surface area (Å²) < 4.78 is 40.0. The first kappa shape index (κ1) is 15.0. The zero-order chi connectivity index (χ0) is 13.6. The Labute approximate surface area is 107 Å². The molecule has 0 aliphatic rings. The first-order valence-corrected chi connectivity index (χ1v) is 6.25. The standard InChI is InChI=1S/C11H14F3NO2S/c1-8(17-7-11(12,13)14)10(16)15-5-4-9-3-2-6-18-9/h2-3,6,8H,4-5,7H2,1H3,(H,15,16). The quantitative estimate of drug-likeness (QED) is 0.869. The van der Waals surface area contributed by atoms with Gasteiger partial charge in [0.05, 0.1) is 0 Å². The maximum atomic E-state index is 11.9. The summed E-state index contributed by atoms with van der Waals surface area (Å²) in [5.41, 5.74) is 0. The molecule has 0 spiro atoms. The lowest BCUT2D eigenvalue weighted by Gasteiger charge is -2.14. The van der Waals surface area contributed by atoms with Gasteiger partial charge in [-0.05, 0) is 24.8 Å². The van der Waals surface area contributed by atoms with Gasteiger partial charge in [-0.25, -0.2) is 0 Å².